The average molecular weight is 499 g/mol. The Kier molecular flexibility index (Phi) is 7.08. The van der Waals surface area contributed by atoms with Crippen LogP contribution >= 0.6 is 0 Å². The molecule has 0 aliphatic heterocycles. The maximum atomic E-state index is 13.8. The summed E-state index contributed by atoms with van der Waals surface area (Å²) in [5, 5.41) is 7.38. The molecule has 1 aromatic carbocycles. The smallest absolute Gasteiger partial charge is 0.294 e. The van der Waals surface area contributed by atoms with Crippen LogP contribution in [0.1, 0.15) is 22.6 Å². The Morgan fingerprint density at radius 3 is 2.63 bits per heavy atom. The van der Waals surface area contributed by atoms with Crippen molar-refractivity contribution in [1.29, 1.82) is 0 Å². The number of carbonyl (C=O) groups excluding carboxylic acids is 1. The molecular formula is C24H28F2N6O2Si. The molecule has 35 heavy (non-hydrogen) atoms. The lowest BCUT2D eigenvalue weighted by molar-refractivity contribution is 0.0911. The molecule has 0 aliphatic carbocycles. The van der Waals surface area contributed by atoms with Gasteiger partial charge >= 0.3 is 0 Å². The first-order chi connectivity index (χ1) is 16.6. The zero-order valence-corrected chi connectivity index (χ0v) is 21.1. The van der Waals surface area contributed by atoms with Crippen molar-refractivity contribution in [3.8, 4) is 11.3 Å². The number of hydrogen-bond donors (Lipinski definition) is 1. The number of anilines is 1. The van der Waals surface area contributed by atoms with Gasteiger partial charge in [-0.1, -0.05) is 43.9 Å². The molecule has 0 spiro atoms. The van der Waals surface area contributed by atoms with Crippen molar-refractivity contribution in [2.24, 2.45) is 7.05 Å². The summed E-state index contributed by atoms with van der Waals surface area (Å²) in [5.74, 6) is -0.00577. The molecule has 1 amide bonds. The third kappa shape index (κ3) is 5.63. The van der Waals surface area contributed by atoms with Gasteiger partial charge in [0, 0.05) is 50.5 Å². The van der Waals surface area contributed by atoms with Crippen LogP contribution in [0, 0.1) is 0 Å². The fourth-order valence-electron chi connectivity index (χ4n) is 3.71. The molecule has 0 saturated carbocycles. The first kappa shape index (κ1) is 24.7. The van der Waals surface area contributed by atoms with Gasteiger partial charge in [-0.3, -0.25) is 4.79 Å². The molecule has 0 fully saturated rings. The fraction of sp³-hybridized carbons (Fsp3) is 0.333. The highest BCUT2D eigenvalue weighted by atomic mass is 28.3. The number of ether oxygens (including phenoxy) is 1. The first-order valence-electron chi connectivity index (χ1n) is 11.2. The lowest BCUT2D eigenvalue weighted by Gasteiger charge is -2.18. The zero-order valence-electron chi connectivity index (χ0n) is 20.1. The minimum atomic E-state index is -2.62. The van der Waals surface area contributed by atoms with Crippen LogP contribution in [0.3, 0.4) is 0 Å². The van der Waals surface area contributed by atoms with Gasteiger partial charge in [0.05, 0.1) is 11.2 Å². The van der Waals surface area contributed by atoms with Gasteiger partial charge in [0.1, 0.15) is 18.9 Å². The number of aryl methyl sites for hydroxylation is 1. The van der Waals surface area contributed by atoms with Crippen molar-refractivity contribution in [1.82, 2.24) is 24.3 Å². The van der Waals surface area contributed by atoms with E-state index in [9.17, 15) is 13.6 Å². The van der Waals surface area contributed by atoms with Crippen LogP contribution in [0.25, 0.3) is 22.2 Å². The number of amides is 1. The number of hydrogen-bond acceptors (Lipinski definition) is 5. The van der Waals surface area contributed by atoms with Gasteiger partial charge in [-0.25, -0.2) is 23.4 Å². The molecule has 184 valence electrons. The van der Waals surface area contributed by atoms with E-state index in [1.54, 1.807) is 37.5 Å². The van der Waals surface area contributed by atoms with E-state index < -0.39 is 20.4 Å². The fourth-order valence-corrected chi connectivity index (χ4v) is 4.47. The van der Waals surface area contributed by atoms with E-state index in [2.05, 4.69) is 40.0 Å². The van der Waals surface area contributed by atoms with E-state index >= 15 is 0 Å². The van der Waals surface area contributed by atoms with Gasteiger partial charge in [-0.15, -0.1) is 0 Å². The molecule has 1 N–H and O–H groups in total. The highest BCUT2D eigenvalue weighted by Gasteiger charge is 2.20. The van der Waals surface area contributed by atoms with E-state index in [4.69, 9.17) is 4.74 Å². The monoisotopic (exact) mass is 498 g/mol. The number of fused-ring (bicyclic) bond motifs is 1. The van der Waals surface area contributed by atoms with Crippen LogP contribution in [0.4, 0.5) is 14.6 Å². The molecule has 3 heterocycles. The third-order valence-corrected chi connectivity index (χ3v) is 7.33. The van der Waals surface area contributed by atoms with Crippen LogP contribution in [0.2, 0.25) is 25.7 Å². The molecule has 4 aromatic rings. The van der Waals surface area contributed by atoms with Gasteiger partial charge in [0.2, 0.25) is 5.82 Å². The van der Waals surface area contributed by atoms with Crippen LogP contribution in [-0.2, 0) is 18.5 Å². The minimum absolute atomic E-state index is 0.0533. The largest absolute Gasteiger partial charge is 0.361 e. The number of alkyl halides is 2. The molecule has 3 aromatic heterocycles. The Bertz CT molecular complexity index is 1350. The Morgan fingerprint density at radius 2 is 1.94 bits per heavy atom. The summed E-state index contributed by atoms with van der Waals surface area (Å²) >= 11 is 0. The molecular weight excluding hydrogens is 470 g/mol. The lowest BCUT2D eigenvalue weighted by Crippen LogP contribution is -2.22. The molecule has 4 rings (SSSR count). The molecule has 0 saturated heterocycles. The summed E-state index contributed by atoms with van der Waals surface area (Å²) in [4.78, 5) is 20.9. The highest BCUT2D eigenvalue weighted by molar-refractivity contribution is 6.76. The first-order valence-corrected chi connectivity index (χ1v) is 14.9. The van der Waals surface area contributed by atoms with E-state index in [-0.39, 0.29) is 18.1 Å². The van der Waals surface area contributed by atoms with Crippen molar-refractivity contribution >= 4 is 30.7 Å². The number of pyridine rings is 1. The normalized spacial score (nSPS) is 12.0. The summed E-state index contributed by atoms with van der Waals surface area (Å²) in [7, 11) is 0.323. The van der Waals surface area contributed by atoms with Crippen molar-refractivity contribution in [3.05, 3.63) is 60.3 Å². The molecule has 0 aliphatic rings. The number of aromatic nitrogens is 5. The lowest BCUT2D eigenvalue weighted by atomic mass is 10.0. The van der Waals surface area contributed by atoms with E-state index in [0.717, 1.165) is 11.4 Å². The predicted octanol–water partition coefficient (Wildman–Crippen LogP) is 5.33. The maximum absolute atomic E-state index is 13.8. The number of nitrogens with one attached hydrogen (secondary N) is 1. The second kappa shape index (κ2) is 10.0. The van der Waals surface area contributed by atoms with Crippen molar-refractivity contribution in [2.45, 2.75) is 38.8 Å². The summed E-state index contributed by atoms with van der Waals surface area (Å²) in [6, 6.07) is 11.0. The van der Waals surface area contributed by atoms with Gasteiger partial charge in [-0.2, -0.15) is 5.10 Å². The minimum Gasteiger partial charge on any atom is -0.361 e. The summed E-state index contributed by atoms with van der Waals surface area (Å²) < 4.78 is 36.8. The highest BCUT2D eigenvalue weighted by Crippen LogP contribution is 2.35. The molecule has 0 bridgehead atoms. The number of nitrogens with zero attached hydrogens (tertiary/aromatic N) is 5. The Hall–Kier alpha value is -3.44. The number of carbonyl (C=O) groups is 1. The summed E-state index contributed by atoms with van der Waals surface area (Å²) in [5.41, 5.74) is 1.68. The number of benzene rings is 1. The van der Waals surface area contributed by atoms with Gasteiger partial charge in [0.15, 0.2) is 0 Å². The Balaban J connectivity index is 1.72. The van der Waals surface area contributed by atoms with Crippen molar-refractivity contribution in [2.75, 3.05) is 11.9 Å². The van der Waals surface area contributed by atoms with E-state index in [1.165, 1.54) is 17.1 Å². The molecule has 11 heteroatoms. The second-order valence-electron chi connectivity index (χ2n) is 9.48. The maximum Gasteiger partial charge on any atom is 0.294 e. The van der Waals surface area contributed by atoms with Crippen molar-refractivity contribution < 1.29 is 18.3 Å². The van der Waals surface area contributed by atoms with Crippen LogP contribution < -0.4 is 5.32 Å². The Labute approximate surface area is 203 Å². The van der Waals surface area contributed by atoms with Gasteiger partial charge in [0.25, 0.3) is 12.3 Å². The second-order valence-corrected chi connectivity index (χ2v) is 15.1. The van der Waals surface area contributed by atoms with Crippen LogP contribution in [-0.4, -0.2) is 44.9 Å². The summed E-state index contributed by atoms with van der Waals surface area (Å²) in [6.45, 7) is 7.56. The number of halogens is 2. The van der Waals surface area contributed by atoms with Gasteiger partial charge < -0.3 is 14.6 Å². The molecule has 0 radical (unpaired) electrons. The van der Waals surface area contributed by atoms with Crippen LogP contribution in [0.15, 0.2) is 48.9 Å². The van der Waals surface area contributed by atoms with Crippen LogP contribution in [0.5, 0.6) is 0 Å². The SMILES string of the molecule is Cn1ncnc1C(=O)Nc1cc2c(cn1)cc(-c1ccccc1C(F)F)n2COCC[Si](C)(C)C. The van der Waals surface area contributed by atoms with E-state index in [0.29, 0.717) is 29.2 Å². The molecule has 0 unspecified atom stereocenters. The molecule has 0 atom stereocenters. The number of rotatable bonds is 9. The quantitative estimate of drug-likeness (QED) is 0.249. The third-order valence-electron chi connectivity index (χ3n) is 5.63. The predicted molar refractivity (Wildman–Crippen MR) is 133 cm³/mol. The average Bonchev–Trinajstić information content (AvgIpc) is 3.39. The summed E-state index contributed by atoms with van der Waals surface area (Å²) in [6.07, 6.45) is 0.278. The standard InChI is InChI=1S/C24H28F2N6O2Si/c1-31-23(28-14-29-31)24(33)30-21-12-19-16(13-27-21)11-20(17-7-5-6-8-18(17)22(25)26)32(19)15-34-9-10-35(2,3)4/h5-8,11-14,22H,9-10,15H2,1-4H3,(H,27,30,33). The van der Waals surface area contributed by atoms with Gasteiger partial charge in [-0.05, 0) is 12.1 Å². The molecule has 8 nitrogen and oxygen atoms in total. The van der Waals surface area contributed by atoms with E-state index in [1.807, 2.05) is 10.6 Å². The zero-order chi connectivity index (χ0) is 25.2. The topological polar surface area (TPSA) is 86.9 Å². The Morgan fingerprint density at radius 1 is 1.17 bits per heavy atom. The van der Waals surface area contributed by atoms with Crippen molar-refractivity contribution in [3.63, 3.8) is 0 Å².